The van der Waals surface area contributed by atoms with E-state index >= 15 is 0 Å². The summed E-state index contributed by atoms with van der Waals surface area (Å²) in [4.78, 5) is 17.0. The van der Waals surface area contributed by atoms with Crippen molar-refractivity contribution in [3.8, 4) is 0 Å². The van der Waals surface area contributed by atoms with Crippen LogP contribution < -0.4 is 11.1 Å². The van der Waals surface area contributed by atoms with Gasteiger partial charge in [-0.15, -0.1) is 17.5 Å². The highest BCUT2D eigenvalue weighted by atomic mass is 35.5. The maximum Gasteiger partial charge on any atom is 0.251 e. The van der Waals surface area contributed by atoms with Gasteiger partial charge >= 0.3 is 0 Å². The average Bonchev–Trinajstić information content (AvgIpc) is 3.52. The number of carbonyl (C=O) groups excluding carboxylic acids is 1. The average molecular weight is 558 g/mol. The number of aromatic nitrogens is 5. The predicted octanol–water partition coefficient (Wildman–Crippen LogP) is 6.18. The lowest BCUT2D eigenvalue weighted by Gasteiger charge is -2.06. The Balaban J connectivity index is 0.00000533. The maximum absolute atomic E-state index is 12.4. The van der Waals surface area contributed by atoms with Crippen LogP contribution in [0.1, 0.15) is 105 Å². The first-order valence-corrected chi connectivity index (χ1v) is 14.7. The van der Waals surface area contributed by atoms with Gasteiger partial charge in [-0.25, -0.2) is 4.98 Å². The number of nitrogens with two attached hydrogens (primary N) is 1. The van der Waals surface area contributed by atoms with Crippen molar-refractivity contribution in [1.29, 1.82) is 0 Å². The van der Waals surface area contributed by atoms with E-state index in [1.165, 1.54) is 44.1 Å². The molecule has 3 N–H and O–H groups in total. The van der Waals surface area contributed by atoms with Crippen molar-refractivity contribution >= 4 is 24.3 Å². The van der Waals surface area contributed by atoms with Crippen molar-refractivity contribution in [3.63, 3.8) is 0 Å². The monoisotopic (exact) mass is 557 g/mol. The largest absolute Gasteiger partial charge is 0.369 e. The highest BCUT2D eigenvalue weighted by Gasteiger charge is 2.07. The number of imidazole rings is 1. The van der Waals surface area contributed by atoms with Crippen LogP contribution in [0.5, 0.6) is 0 Å². The van der Waals surface area contributed by atoms with E-state index in [1.807, 2.05) is 23.0 Å². The number of unbranched alkanes of at least 4 members (excludes halogenated alkanes) is 7. The highest BCUT2D eigenvalue weighted by Crippen LogP contribution is 2.13. The van der Waals surface area contributed by atoms with Crippen molar-refractivity contribution in [1.82, 2.24) is 29.9 Å². The van der Waals surface area contributed by atoms with Gasteiger partial charge in [0.25, 0.3) is 5.91 Å². The van der Waals surface area contributed by atoms with Crippen LogP contribution in [-0.4, -0.2) is 37.0 Å². The fraction of sp³-hybridized carbons (Fsp3) is 0.600. The molecule has 0 fully saturated rings. The van der Waals surface area contributed by atoms with Gasteiger partial charge < -0.3 is 15.6 Å². The van der Waals surface area contributed by atoms with Crippen LogP contribution in [0, 0.1) is 0 Å². The number of benzene rings is 1. The number of hydrogen-bond donors (Lipinski definition) is 2. The summed E-state index contributed by atoms with van der Waals surface area (Å²) in [6.45, 7) is 6.53. The van der Waals surface area contributed by atoms with Gasteiger partial charge in [0.2, 0.25) is 0 Å². The van der Waals surface area contributed by atoms with E-state index in [1.54, 1.807) is 0 Å². The fourth-order valence-corrected chi connectivity index (χ4v) is 4.63. The zero-order valence-electron chi connectivity index (χ0n) is 23.9. The molecule has 9 heteroatoms. The molecule has 0 radical (unpaired) electrons. The molecule has 0 atom stereocenters. The molecule has 2 aromatic heterocycles. The third-order valence-corrected chi connectivity index (χ3v) is 6.97. The Morgan fingerprint density at radius 2 is 1.49 bits per heavy atom. The molecule has 0 aliphatic rings. The lowest BCUT2D eigenvalue weighted by molar-refractivity contribution is 0.0952. The van der Waals surface area contributed by atoms with Gasteiger partial charge in [0, 0.05) is 31.0 Å². The molecular weight excluding hydrogens is 510 g/mol. The molecule has 0 saturated heterocycles. The van der Waals surface area contributed by atoms with Gasteiger partial charge in [0.05, 0.1) is 17.9 Å². The van der Waals surface area contributed by atoms with Crippen molar-refractivity contribution < 1.29 is 4.79 Å². The molecule has 8 nitrogen and oxygen atoms in total. The van der Waals surface area contributed by atoms with Crippen LogP contribution in [0.2, 0.25) is 0 Å². The molecule has 3 rings (SSSR count). The third kappa shape index (κ3) is 11.8. The van der Waals surface area contributed by atoms with Gasteiger partial charge in [-0.3, -0.25) is 9.48 Å². The van der Waals surface area contributed by atoms with E-state index < -0.39 is 0 Å². The Hall–Kier alpha value is -2.87. The van der Waals surface area contributed by atoms with Crippen molar-refractivity contribution in [3.05, 3.63) is 59.2 Å². The lowest BCUT2D eigenvalue weighted by atomic mass is 10.1. The maximum atomic E-state index is 12.4. The van der Waals surface area contributed by atoms with E-state index in [-0.39, 0.29) is 18.3 Å². The summed E-state index contributed by atoms with van der Waals surface area (Å²) in [6, 6.07) is 7.95. The summed E-state index contributed by atoms with van der Waals surface area (Å²) in [7, 11) is 0. The molecule has 3 aromatic rings. The molecule has 0 unspecified atom stereocenters. The minimum absolute atomic E-state index is 0. The number of aryl methyl sites for hydroxylation is 4. The second-order valence-corrected chi connectivity index (χ2v) is 10.3. The summed E-state index contributed by atoms with van der Waals surface area (Å²) in [5, 5.41) is 11.5. The summed E-state index contributed by atoms with van der Waals surface area (Å²) < 4.78 is 3.90. The van der Waals surface area contributed by atoms with Crippen LogP contribution >= 0.6 is 12.4 Å². The van der Waals surface area contributed by atoms with Crippen molar-refractivity contribution in [2.24, 2.45) is 0 Å². The van der Waals surface area contributed by atoms with Crippen molar-refractivity contribution in [2.45, 2.75) is 110 Å². The Kier molecular flexibility index (Phi) is 15.3. The van der Waals surface area contributed by atoms with E-state index in [4.69, 9.17) is 5.73 Å². The number of halogens is 1. The molecule has 39 heavy (non-hydrogen) atoms. The second-order valence-electron chi connectivity index (χ2n) is 10.3. The minimum atomic E-state index is -0.0477. The Labute approximate surface area is 240 Å². The molecule has 1 aromatic carbocycles. The Bertz CT molecular complexity index is 1080. The number of nitrogen functional groups attached to an aromatic ring is 1. The number of anilines is 1. The topological polar surface area (TPSA) is 104 Å². The lowest BCUT2D eigenvalue weighted by Crippen LogP contribution is -2.27. The van der Waals surface area contributed by atoms with Crippen LogP contribution in [0.3, 0.4) is 0 Å². The van der Waals surface area contributed by atoms with Gasteiger partial charge in [0.15, 0.2) is 5.95 Å². The Morgan fingerprint density at radius 3 is 2.23 bits per heavy atom. The smallest absolute Gasteiger partial charge is 0.251 e. The van der Waals surface area contributed by atoms with Crippen LogP contribution in [0.4, 0.5) is 5.95 Å². The van der Waals surface area contributed by atoms with Crippen molar-refractivity contribution in [2.75, 3.05) is 12.3 Å². The molecule has 0 bridgehead atoms. The van der Waals surface area contributed by atoms with Gasteiger partial charge in [-0.2, -0.15) is 0 Å². The fourth-order valence-electron chi connectivity index (χ4n) is 4.63. The number of rotatable bonds is 19. The molecule has 0 saturated carbocycles. The molecule has 0 spiro atoms. The molecule has 2 heterocycles. The zero-order valence-corrected chi connectivity index (χ0v) is 24.7. The van der Waals surface area contributed by atoms with E-state index in [0.717, 1.165) is 62.9 Å². The Morgan fingerprint density at radius 1 is 0.821 bits per heavy atom. The van der Waals surface area contributed by atoms with Crippen LogP contribution in [0.25, 0.3) is 0 Å². The molecule has 216 valence electrons. The molecule has 0 aliphatic carbocycles. The van der Waals surface area contributed by atoms with E-state index in [9.17, 15) is 4.79 Å². The number of amides is 1. The number of nitrogens with one attached hydrogen (secondary N) is 1. The summed E-state index contributed by atoms with van der Waals surface area (Å²) in [5.41, 5.74) is 10.2. The highest BCUT2D eigenvalue weighted by molar-refractivity contribution is 5.94. The number of carbonyl (C=O) groups is 1. The quantitative estimate of drug-likeness (QED) is 0.171. The summed E-state index contributed by atoms with van der Waals surface area (Å²) in [5.74, 6) is 0.591. The minimum Gasteiger partial charge on any atom is -0.369 e. The van der Waals surface area contributed by atoms with Gasteiger partial charge in [-0.1, -0.05) is 69.7 Å². The van der Waals surface area contributed by atoms with Gasteiger partial charge in [0.1, 0.15) is 0 Å². The molecule has 0 aliphatic heterocycles. The first-order chi connectivity index (χ1) is 18.6. The third-order valence-electron chi connectivity index (χ3n) is 6.97. The number of hydrogen-bond acceptors (Lipinski definition) is 5. The first-order valence-electron chi connectivity index (χ1n) is 14.7. The summed E-state index contributed by atoms with van der Waals surface area (Å²) >= 11 is 0. The summed E-state index contributed by atoms with van der Waals surface area (Å²) in [6.07, 6.45) is 18.9. The van der Waals surface area contributed by atoms with Crippen LogP contribution in [0.15, 0.2) is 36.7 Å². The van der Waals surface area contributed by atoms with E-state index in [2.05, 4.69) is 57.4 Å². The zero-order chi connectivity index (χ0) is 27.0. The van der Waals surface area contributed by atoms with Gasteiger partial charge in [-0.05, 0) is 62.6 Å². The number of nitrogens with zero attached hydrogens (tertiary/aromatic N) is 5. The first kappa shape index (κ1) is 32.3. The molecule has 1 amide bonds. The van der Waals surface area contributed by atoms with E-state index in [0.29, 0.717) is 24.6 Å². The van der Waals surface area contributed by atoms with Crippen LogP contribution in [-0.2, 0) is 32.4 Å². The normalized spacial score (nSPS) is 10.9. The predicted molar refractivity (Wildman–Crippen MR) is 161 cm³/mol. The standard InChI is InChI=1S/C30H47N7O.ClH/c1-3-5-7-12-21-36-23-27(33-30(36)31)14-10-8-11-15-28-24-37(35-34-28)22-20-32-29(38)26-18-16-25(17-19-26)13-9-6-4-2;/h16-19,23-24H,3-15,20-22H2,1-2H3,(H2,31,33)(H,32,38);1H. The second kappa shape index (κ2) is 18.4. The molecular formula is C30H48ClN7O. The SMILES string of the molecule is CCCCCCn1cc(CCCCCc2cn(CCNC(=O)c3ccc(CCCCC)cc3)nn2)nc1N.Cl.